The van der Waals surface area contributed by atoms with Gasteiger partial charge in [0, 0.05) is 6.92 Å². The number of methoxy groups -OCH3 is 2. The first kappa shape index (κ1) is 13.9. The van der Waals surface area contributed by atoms with Crippen molar-refractivity contribution in [3.8, 4) is 0 Å². The molecule has 0 bridgehead atoms. The van der Waals surface area contributed by atoms with E-state index in [1.54, 1.807) is 0 Å². The third-order valence-corrected chi connectivity index (χ3v) is 1.57. The van der Waals surface area contributed by atoms with Crippen LogP contribution >= 0.6 is 0 Å². The highest BCUT2D eigenvalue weighted by Gasteiger charge is 2.25. The largest absolute Gasteiger partial charge is 0.509 e. The Hall–Kier alpha value is -2.05. The van der Waals surface area contributed by atoms with Crippen molar-refractivity contribution < 1.29 is 29.0 Å². The first-order valence-corrected chi connectivity index (χ1v) is 4.27. The topological polar surface area (TPSA) is 102 Å². The summed E-state index contributed by atoms with van der Waals surface area (Å²) in [6, 6.07) is 0. The molecule has 0 aliphatic rings. The number of carbonyl (C=O) groups excluding carboxylic acids is 3. The first-order chi connectivity index (χ1) is 7.43. The fraction of sp³-hybridized carbons (Fsp3) is 0.444. The summed E-state index contributed by atoms with van der Waals surface area (Å²) in [7, 11) is 2.11. The van der Waals surface area contributed by atoms with E-state index in [-0.39, 0.29) is 6.54 Å². The molecule has 7 heteroatoms. The van der Waals surface area contributed by atoms with Crippen LogP contribution in [0.5, 0.6) is 0 Å². The van der Waals surface area contributed by atoms with E-state index in [9.17, 15) is 19.5 Å². The summed E-state index contributed by atoms with van der Waals surface area (Å²) in [5, 5.41) is 11.6. The second-order valence-electron chi connectivity index (χ2n) is 2.71. The standard InChI is InChI=1S/C9H13NO6/c1-5(11)10-4-6(12)7(8(13)15-2)9(14)16-3/h12H,4H2,1-3H3,(H,10,11). The van der Waals surface area contributed by atoms with E-state index in [0.29, 0.717) is 0 Å². The molecule has 16 heavy (non-hydrogen) atoms. The maximum absolute atomic E-state index is 11.1. The molecule has 7 nitrogen and oxygen atoms in total. The van der Waals surface area contributed by atoms with Crippen molar-refractivity contribution in [1.29, 1.82) is 0 Å². The van der Waals surface area contributed by atoms with E-state index < -0.39 is 29.2 Å². The number of amides is 1. The van der Waals surface area contributed by atoms with E-state index in [2.05, 4.69) is 14.8 Å². The number of hydrogen-bond donors (Lipinski definition) is 2. The lowest BCUT2D eigenvalue weighted by molar-refractivity contribution is -0.144. The predicted octanol–water partition coefficient (Wildman–Crippen LogP) is -0.719. The molecule has 0 rings (SSSR count). The smallest absolute Gasteiger partial charge is 0.348 e. The summed E-state index contributed by atoms with van der Waals surface area (Å²) in [5.74, 6) is -3.10. The van der Waals surface area contributed by atoms with Gasteiger partial charge in [-0.05, 0) is 0 Å². The molecule has 90 valence electrons. The minimum absolute atomic E-state index is 0.352. The summed E-state index contributed by atoms with van der Waals surface area (Å²) in [4.78, 5) is 32.9. The molecule has 0 aromatic carbocycles. The number of aliphatic hydroxyl groups is 1. The molecule has 0 aliphatic heterocycles. The summed E-state index contributed by atoms with van der Waals surface area (Å²) in [6.07, 6.45) is 0. The first-order valence-electron chi connectivity index (χ1n) is 4.27. The summed E-state index contributed by atoms with van der Waals surface area (Å²) in [5.41, 5.74) is -0.640. The van der Waals surface area contributed by atoms with Crippen LogP contribution in [0.3, 0.4) is 0 Å². The summed E-state index contributed by atoms with van der Waals surface area (Å²) < 4.78 is 8.59. The maximum atomic E-state index is 11.1. The number of esters is 2. The zero-order valence-corrected chi connectivity index (χ0v) is 9.20. The van der Waals surface area contributed by atoms with E-state index in [4.69, 9.17) is 0 Å². The predicted molar refractivity (Wildman–Crippen MR) is 52.4 cm³/mol. The Kier molecular flexibility index (Phi) is 5.61. The van der Waals surface area contributed by atoms with Gasteiger partial charge in [-0.1, -0.05) is 0 Å². The van der Waals surface area contributed by atoms with Crippen molar-refractivity contribution in [2.75, 3.05) is 20.8 Å². The second-order valence-corrected chi connectivity index (χ2v) is 2.71. The molecule has 0 unspecified atom stereocenters. The van der Waals surface area contributed by atoms with Crippen molar-refractivity contribution >= 4 is 17.8 Å². The van der Waals surface area contributed by atoms with Crippen LogP contribution in [0.25, 0.3) is 0 Å². The molecule has 0 radical (unpaired) electrons. The van der Waals surface area contributed by atoms with E-state index in [1.807, 2.05) is 0 Å². The van der Waals surface area contributed by atoms with Crippen LogP contribution < -0.4 is 5.32 Å². The molecule has 0 atom stereocenters. The maximum Gasteiger partial charge on any atom is 0.348 e. The molecular formula is C9H13NO6. The number of carbonyl (C=O) groups is 3. The second kappa shape index (κ2) is 6.44. The third kappa shape index (κ3) is 3.99. The molecule has 0 fully saturated rings. The lowest BCUT2D eigenvalue weighted by Crippen LogP contribution is -2.27. The molecule has 0 aliphatic carbocycles. The van der Waals surface area contributed by atoms with Gasteiger partial charge in [0.15, 0.2) is 5.57 Å². The van der Waals surface area contributed by atoms with Crippen molar-refractivity contribution in [1.82, 2.24) is 5.32 Å². The van der Waals surface area contributed by atoms with Crippen molar-refractivity contribution in [2.45, 2.75) is 6.92 Å². The fourth-order valence-electron chi connectivity index (χ4n) is 0.820. The lowest BCUT2D eigenvalue weighted by Gasteiger charge is -2.07. The lowest BCUT2D eigenvalue weighted by atomic mass is 10.2. The molecule has 0 saturated carbocycles. The van der Waals surface area contributed by atoms with Crippen LogP contribution in [0.1, 0.15) is 6.92 Å². The van der Waals surface area contributed by atoms with E-state index >= 15 is 0 Å². The van der Waals surface area contributed by atoms with Crippen LogP contribution in [0.2, 0.25) is 0 Å². The highest BCUT2D eigenvalue weighted by Crippen LogP contribution is 2.05. The quantitative estimate of drug-likeness (QED) is 0.218. The van der Waals surface area contributed by atoms with E-state index in [1.165, 1.54) is 6.92 Å². The number of aliphatic hydroxyl groups excluding tert-OH is 1. The van der Waals surface area contributed by atoms with Gasteiger partial charge < -0.3 is 19.9 Å². The Morgan fingerprint density at radius 2 is 1.56 bits per heavy atom. The summed E-state index contributed by atoms with van der Waals surface area (Å²) in [6.45, 7) is 0.873. The minimum atomic E-state index is -1.03. The van der Waals surface area contributed by atoms with Crippen LogP contribution in [-0.2, 0) is 23.9 Å². The highest BCUT2D eigenvalue weighted by atomic mass is 16.5. The van der Waals surface area contributed by atoms with Crippen LogP contribution in [0.4, 0.5) is 0 Å². The van der Waals surface area contributed by atoms with Crippen LogP contribution in [0.15, 0.2) is 11.3 Å². The van der Waals surface area contributed by atoms with Crippen molar-refractivity contribution in [3.63, 3.8) is 0 Å². The Bertz CT molecular complexity index is 315. The highest BCUT2D eigenvalue weighted by molar-refractivity contribution is 6.14. The zero-order chi connectivity index (χ0) is 12.7. The fourth-order valence-corrected chi connectivity index (χ4v) is 0.820. The normalized spacial score (nSPS) is 8.94. The van der Waals surface area contributed by atoms with Gasteiger partial charge in [-0.3, -0.25) is 4.79 Å². The number of rotatable bonds is 4. The van der Waals surface area contributed by atoms with Gasteiger partial charge in [0.2, 0.25) is 5.91 Å². The zero-order valence-electron chi connectivity index (χ0n) is 9.20. The minimum Gasteiger partial charge on any atom is -0.509 e. The Labute approximate surface area is 92.0 Å². The van der Waals surface area contributed by atoms with Gasteiger partial charge >= 0.3 is 11.9 Å². The molecule has 0 aromatic heterocycles. The van der Waals surface area contributed by atoms with Crippen LogP contribution in [0, 0.1) is 0 Å². The van der Waals surface area contributed by atoms with Crippen LogP contribution in [-0.4, -0.2) is 43.7 Å². The number of hydrogen-bond acceptors (Lipinski definition) is 6. The molecule has 0 aromatic rings. The van der Waals surface area contributed by atoms with Gasteiger partial charge in [-0.15, -0.1) is 0 Å². The van der Waals surface area contributed by atoms with Crippen molar-refractivity contribution in [3.05, 3.63) is 11.3 Å². The third-order valence-electron chi connectivity index (χ3n) is 1.57. The van der Waals surface area contributed by atoms with Gasteiger partial charge in [-0.2, -0.15) is 0 Å². The van der Waals surface area contributed by atoms with Gasteiger partial charge in [0.05, 0.1) is 20.8 Å². The SMILES string of the molecule is COC(=O)C(C(=O)OC)=C(O)CNC(C)=O. The van der Waals surface area contributed by atoms with Gasteiger partial charge in [0.1, 0.15) is 5.76 Å². The molecule has 0 saturated heterocycles. The Balaban J connectivity index is 4.97. The van der Waals surface area contributed by atoms with Gasteiger partial charge in [-0.25, -0.2) is 9.59 Å². The monoisotopic (exact) mass is 231 g/mol. The molecular weight excluding hydrogens is 218 g/mol. The van der Waals surface area contributed by atoms with E-state index in [0.717, 1.165) is 14.2 Å². The molecule has 0 heterocycles. The molecule has 2 N–H and O–H groups in total. The number of ether oxygens (including phenoxy) is 2. The average molecular weight is 231 g/mol. The molecule has 0 spiro atoms. The Morgan fingerprint density at radius 3 is 1.88 bits per heavy atom. The van der Waals surface area contributed by atoms with Gasteiger partial charge in [0.25, 0.3) is 0 Å². The Morgan fingerprint density at radius 1 is 1.12 bits per heavy atom. The average Bonchev–Trinajstić information content (AvgIpc) is 2.25. The van der Waals surface area contributed by atoms with Crippen molar-refractivity contribution in [2.24, 2.45) is 0 Å². The summed E-state index contributed by atoms with van der Waals surface area (Å²) >= 11 is 0. The number of nitrogens with one attached hydrogen (secondary N) is 1. The molecule has 1 amide bonds.